The minimum Gasteiger partial charge on any atom is -0.377 e. The van der Waals surface area contributed by atoms with E-state index in [1.54, 1.807) is 0 Å². The Labute approximate surface area is 150 Å². The van der Waals surface area contributed by atoms with E-state index < -0.39 is 0 Å². The third kappa shape index (κ3) is 3.39. The molecular weight excluding hydrogens is 314 g/mol. The van der Waals surface area contributed by atoms with Crippen LogP contribution in [0.2, 0.25) is 0 Å². The molecule has 0 N–H and O–H groups in total. The summed E-state index contributed by atoms with van der Waals surface area (Å²) in [6.45, 7) is 6.25. The number of carbonyl (C=O) groups excluding carboxylic acids is 1. The van der Waals surface area contributed by atoms with E-state index >= 15 is 0 Å². The summed E-state index contributed by atoms with van der Waals surface area (Å²) in [5, 5.41) is 0. The van der Waals surface area contributed by atoms with E-state index in [0.717, 1.165) is 39.1 Å². The highest BCUT2D eigenvalue weighted by molar-refractivity contribution is 5.79. The second-order valence-corrected chi connectivity index (χ2v) is 7.79. The van der Waals surface area contributed by atoms with Crippen LogP contribution in [0.4, 0.5) is 5.69 Å². The Bertz CT molecular complexity index is 609. The van der Waals surface area contributed by atoms with Gasteiger partial charge in [-0.2, -0.15) is 0 Å². The van der Waals surface area contributed by atoms with Crippen molar-refractivity contribution in [2.75, 3.05) is 37.7 Å². The summed E-state index contributed by atoms with van der Waals surface area (Å²) < 4.78 is 5.69. The van der Waals surface area contributed by atoms with Gasteiger partial charge in [-0.15, -0.1) is 0 Å². The number of amides is 1. The summed E-state index contributed by atoms with van der Waals surface area (Å²) in [7, 11) is 0. The van der Waals surface area contributed by atoms with E-state index in [0.29, 0.717) is 24.5 Å². The Kier molecular flexibility index (Phi) is 4.93. The molecule has 4 rings (SSSR count). The Balaban J connectivity index is 1.38. The van der Waals surface area contributed by atoms with Gasteiger partial charge in [0.15, 0.2) is 0 Å². The maximum Gasteiger partial charge on any atom is 0.226 e. The highest BCUT2D eigenvalue weighted by Gasteiger charge is 2.39. The molecular formula is C20H29N3O2. The molecule has 1 aliphatic carbocycles. The molecule has 25 heavy (non-hydrogen) atoms. The first-order valence-electron chi connectivity index (χ1n) is 9.78. The number of pyridine rings is 1. The maximum absolute atomic E-state index is 13.2. The average Bonchev–Trinajstić information content (AvgIpc) is 2.61. The van der Waals surface area contributed by atoms with Crippen LogP contribution in [0.15, 0.2) is 18.5 Å². The fourth-order valence-corrected chi connectivity index (χ4v) is 4.53. The first-order valence-corrected chi connectivity index (χ1v) is 9.78. The molecule has 3 heterocycles. The number of aryl methyl sites for hydroxylation is 1. The quantitative estimate of drug-likeness (QED) is 0.846. The highest BCUT2D eigenvalue weighted by atomic mass is 16.5. The Morgan fingerprint density at radius 1 is 1.20 bits per heavy atom. The van der Waals surface area contributed by atoms with Gasteiger partial charge < -0.3 is 14.5 Å². The van der Waals surface area contributed by atoms with Crippen LogP contribution in [0.25, 0.3) is 0 Å². The van der Waals surface area contributed by atoms with Gasteiger partial charge >= 0.3 is 0 Å². The molecule has 1 atom stereocenters. The average molecular weight is 343 g/mol. The molecule has 136 valence electrons. The number of anilines is 1. The van der Waals surface area contributed by atoms with Crippen molar-refractivity contribution in [3.05, 3.63) is 24.0 Å². The molecule has 1 amide bonds. The predicted molar refractivity (Wildman–Crippen MR) is 97.6 cm³/mol. The third-order valence-corrected chi connectivity index (χ3v) is 6.32. The summed E-state index contributed by atoms with van der Waals surface area (Å²) in [4.78, 5) is 21.9. The van der Waals surface area contributed by atoms with Crippen molar-refractivity contribution in [1.82, 2.24) is 9.88 Å². The van der Waals surface area contributed by atoms with Crippen molar-refractivity contribution >= 4 is 11.6 Å². The van der Waals surface area contributed by atoms with E-state index in [1.165, 1.54) is 30.5 Å². The van der Waals surface area contributed by atoms with Crippen LogP contribution in [0, 0.1) is 18.8 Å². The Hall–Kier alpha value is -1.62. The first-order chi connectivity index (χ1) is 12.2. The van der Waals surface area contributed by atoms with Gasteiger partial charge in [-0.05, 0) is 50.2 Å². The molecule has 0 radical (unpaired) electrons. The fourth-order valence-electron chi connectivity index (χ4n) is 4.53. The number of aromatic nitrogens is 1. The van der Waals surface area contributed by atoms with Crippen molar-refractivity contribution in [2.24, 2.45) is 11.8 Å². The Morgan fingerprint density at radius 2 is 2.00 bits per heavy atom. The molecule has 1 unspecified atom stereocenters. The minimum absolute atomic E-state index is 0.180. The largest absolute Gasteiger partial charge is 0.377 e. The van der Waals surface area contributed by atoms with Gasteiger partial charge in [0.1, 0.15) is 0 Å². The van der Waals surface area contributed by atoms with Gasteiger partial charge in [-0.1, -0.05) is 6.42 Å². The van der Waals surface area contributed by atoms with E-state index in [4.69, 9.17) is 4.74 Å². The molecule has 3 fully saturated rings. The molecule has 5 heteroatoms. The van der Waals surface area contributed by atoms with Crippen molar-refractivity contribution in [2.45, 2.75) is 45.1 Å². The van der Waals surface area contributed by atoms with Crippen LogP contribution in [0.1, 0.15) is 37.7 Å². The van der Waals surface area contributed by atoms with Crippen molar-refractivity contribution in [1.29, 1.82) is 0 Å². The molecule has 1 saturated carbocycles. The normalized spacial score (nSPS) is 25.7. The van der Waals surface area contributed by atoms with Gasteiger partial charge in [0, 0.05) is 43.6 Å². The summed E-state index contributed by atoms with van der Waals surface area (Å²) in [5.41, 5.74) is 2.48. The number of hydrogen-bond donors (Lipinski definition) is 0. The number of hydrogen-bond acceptors (Lipinski definition) is 4. The van der Waals surface area contributed by atoms with E-state index in [2.05, 4.69) is 27.8 Å². The fraction of sp³-hybridized carbons (Fsp3) is 0.700. The number of ether oxygens (including phenoxy) is 1. The summed E-state index contributed by atoms with van der Waals surface area (Å²) in [6.07, 6.45) is 9.52. The van der Waals surface area contributed by atoms with Crippen molar-refractivity contribution in [3.63, 3.8) is 0 Å². The van der Waals surface area contributed by atoms with Crippen LogP contribution in [-0.2, 0) is 9.53 Å². The molecule has 2 aliphatic heterocycles. The lowest BCUT2D eigenvalue weighted by atomic mass is 9.78. The predicted octanol–water partition coefficient (Wildman–Crippen LogP) is 2.63. The first kappa shape index (κ1) is 16.8. The standard InChI is InChI=1S/C20H29N3O2/c1-15-13-21-8-5-18(15)22-9-6-17(7-10-22)20(24)23-11-12-25-14-19(23)16-3-2-4-16/h5,8,13,16-17,19H,2-4,6-7,9-12,14H2,1H3. The van der Waals surface area contributed by atoms with Crippen molar-refractivity contribution < 1.29 is 9.53 Å². The van der Waals surface area contributed by atoms with Gasteiger partial charge in [-0.3, -0.25) is 9.78 Å². The summed E-state index contributed by atoms with van der Waals surface area (Å²) >= 11 is 0. The second-order valence-electron chi connectivity index (χ2n) is 7.79. The summed E-state index contributed by atoms with van der Waals surface area (Å²) in [6, 6.07) is 2.42. The van der Waals surface area contributed by atoms with Crippen molar-refractivity contribution in [3.8, 4) is 0 Å². The number of piperidine rings is 1. The zero-order valence-corrected chi connectivity index (χ0v) is 15.2. The SMILES string of the molecule is Cc1cnccc1N1CCC(C(=O)N2CCOCC2C2CCC2)CC1. The van der Waals surface area contributed by atoms with Gasteiger partial charge in [0.2, 0.25) is 5.91 Å². The van der Waals surface area contributed by atoms with Crippen LogP contribution >= 0.6 is 0 Å². The molecule has 5 nitrogen and oxygen atoms in total. The zero-order chi connectivity index (χ0) is 17.2. The topological polar surface area (TPSA) is 45.7 Å². The lowest BCUT2D eigenvalue weighted by molar-refractivity contribution is -0.149. The molecule has 2 saturated heterocycles. The molecule has 0 aromatic carbocycles. The van der Waals surface area contributed by atoms with Crippen LogP contribution in [0.3, 0.4) is 0 Å². The lowest BCUT2D eigenvalue weighted by Crippen LogP contribution is -2.56. The highest BCUT2D eigenvalue weighted by Crippen LogP contribution is 2.35. The monoisotopic (exact) mass is 343 g/mol. The number of rotatable bonds is 3. The van der Waals surface area contributed by atoms with E-state index in [-0.39, 0.29) is 5.92 Å². The van der Waals surface area contributed by atoms with Crippen LogP contribution in [0.5, 0.6) is 0 Å². The minimum atomic E-state index is 0.180. The van der Waals surface area contributed by atoms with Gasteiger partial charge in [0.05, 0.1) is 19.3 Å². The molecule has 0 bridgehead atoms. The summed E-state index contributed by atoms with van der Waals surface area (Å²) in [5.74, 6) is 1.23. The molecule has 0 spiro atoms. The zero-order valence-electron chi connectivity index (χ0n) is 15.2. The number of nitrogens with zero attached hydrogens (tertiary/aromatic N) is 3. The molecule has 1 aromatic rings. The van der Waals surface area contributed by atoms with Gasteiger partial charge in [-0.25, -0.2) is 0 Å². The van der Waals surface area contributed by atoms with Crippen LogP contribution < -0.4 is 4.90 Å². The van der Waals surface area contributed by atoms with Crippen LogP contribution in [-0.4, -0.2) is 54.7 Å². The Morgan fingerprint density at radius 3 is 2.68 bits per heavy atom. The second kappa shape index (κ2) is 7.32. The molecule has 3 aliphatic rings. The van der Waals surface area contributed by atoms with Gasteiger partial charge in [0.25, 0.3) is 0 Å². The van der Waals surface area contributed by atoms with E-state index in [9.17, 15) is 4.79 Å². The third-order valence-electron chi connectivity index (χ3n) is 6.32. The van der Waals surface area contributed by atoms with E-state index in [1.807, 2.05) is 12.4 Å². The lowest BCUT2D eigenvalue weighted by Gasteiger charge is -2.45. The molecule has 1 aromatic heterocycles. The number of morpholine rings is 1. The maximum atomic E-state index is 13.2. The number of carbonyl (C=O) groups is 1. The smallest absolute Gasteiger partial charge is 0.226 e.